The molecule has 20 heavy (non-hydrogen) atoms. The molecule has 0 fully saturated rings. The number of hydrogen-bond acceptors (Lipinski definition) is 4. The number of hydrogen-bond donors (Lipinski definition) is 0. The van der Waals surface area contributed by atoms with Crippen LogP contribution in [-0.2, 0) is 0 Å². The van der Waals surface area contributed by atoms with Gasteiger partial charge in [0.15, 0.2) is 5.65 Å². The maximum absolute atomic E-state index is 12.4. The van der Waals surface area contributed by atoms with Crippen molar-refractivity contribution >= 4 is 32.9 Å². The molecule has 5 heteroatoms. The molecular formula is C15H8BrN3O. The zero-order valence-corrected chi connectivity index (χ0v) is 12.1. The zero-order chi connectivity index (χ0) is 13.9. The van der Waals surface area contributed by atoms with Crippen molar-refractivity contribution in [3.8, 4) is 11.3 Å². The van der Waals surface area contributed by atoms with Gasteiger partial charge in [0.2, 0.25) is 5.78 Å². The Balaban J connectivity index is 2.13. The van der Waals surface area contributed by atoms with Gasteiger partial charge in [-0.1, -0.05) is 24.3 Å². The van der Waals surface area contributed by atoms with Gasteiger partial charge in [-0.15, -0.1) is 0 Å². The number of rotatable bonds is 0. The maximum Gasteiger partial charge on any atom is 0.214 e. The first-order valence-electron chi connectivity index (χ1n) is 6.14. The normalized spacial score (nSPS) is 12.6. The minimum absolute atomic E-state index is 0.0654. The van der Waals surface area contributed by atoms with Crippen molar-refractivity contribution < 1.29 is 4.79 Å². The van der Waals surface area contributed by atoms with Gasteiger partial charge in [-0.05, 0) is 28.4 Å². The predicted octanol–water partition coefficient (Wildman–Crippen LogP) is 3.31. The van der Waals surface area contributed by atoms with E-state index in [2.05, 4.69) is 30.9 Å². The monoisotopic (exact) mass is 325 g/mol. The van der Waals surface area contributed by atoms with Gasteiger partial charge >= 0.3 is 0 Å². The maximum atomic E-state index is 12.4. The van der Waals surface area contributed by atoms with Crippen molar-refractivity contribution in [1.29, 1.82) is 0 Å². The lowest BCUT2D eigenvalue weighted by Gasteiger charge is -2.04. The number of aryl methyl sites for hydroxylation is 1. The number of nitrogens with zero attached hydrogens (tertiary/aromatic N) is 3. The first kappa shape index (κ1) is 11.7. The third kappa shape index (κ3) is 1.41. The van der Waals surface area contributed by atoms with E-state index < -0.39 is 0 Å². The molecule has 0 amide bonds. The van der Waals surface area contributed by atoms with Gasteiger partial charge in [0.25, 0.3) is 0 Å². The van der Waals surface area contributed by atoms with Crippen LogP contribution in [-0.4, -0.2) is 20.7 Å². The summed E-state index contributed by atoms with van der Waals surface area (Å²) in [5, 5.41) is 0. The number of fused-ring (bicyclic) bond motifs is 4. The van der Waals surface area contributed by atoms with Crippen LogP contribution in [0, 0.1) is 6.92 Å². The van der Waals surface area contributed by atoms with E-state index in [0.29, 0.717) is 28.1 Å². The van der Waals surface area contributed by atoms with Crippen LogP contribution < -0.4 is 0 Å². The first-order valence-corrected chi connectivity index (χ1v) is 6.93. The number of ketones is 1. The number of carbonyl (C=O) groups is 1. The van der Waals surface area contributed by atoms with Crippen LogP contribution in [0.25, 0.3) is 22.4 Å². The second-order valence-corrected chi connectivity index (χ2v) is 5.55. The fourth-order valence-corrected chi connectivity index (χ4v) is 2.75. The molecule has 0 bridgehead atoms. The fourth-order valence-electron chi connectivity index (χ4n) is 2.46. The third-order valence-electron chi connectivity index (χ3n) is 3.53. The Morgan fingerprint density at radius 3 is 2.60 bits per heavy atom. The molecule has 0 unspecified atom stereocenters. The highest BCUT2D eigenvalue weighted by molar-refractivity contribution is 9.10. The van der Waals surface area contributed by atoms with E-state index in [1.165, 1.54) is 0 Å². The number of pyridine rings is 1. The third-order valence-corrected chi connectivity index (χ3v) is 4.33. The van der Waals surface area contributed by atoms with Gasteiger partial charge in [0, 0.05) is 21.8 Å². The lowest BCUT2D eigenvalue weighted by molar-refractivity contribution is 0.103. The Hall–Kier alpha value is -2.14. The van der Waals surface area contributed by atoms with E-state index in [0.717, 1.165) is 15.6 Å². The fraction of sp³-hybridized carbons (Fsp3) is 0.0667. The van der Waals surface area contributed by atoms with Gasteiger partial charge < -0.3 is 0 Å². The quantitative estimate of drug-likeness (QED) is 0.497. The van der Waals surface area contributed by atoms with Crippen molar-refractivity contribution in [1.82, 2.24) is 15.0 Å². The first-order chi connectivity index (χ1) is 9.66. The molecule has 0 aliphatic heterocycles. The van der Waals surface area contributed by atoms with E-state index in [9.17, 15) is 4.79 Å². The summed E-state index contributed by atoms with van der Waals surface area (Å²) in [4.78, 5) is 25.7. The smallest absolute Gasteiger partial charge is 0.214 e. The van der Waals surface area contributed by atoms with E-state index in [4.69, 9.17) is 0 Å². The summed E-state index contributed by atoms with van der Waals surface area (Å²) >= 11 is 3.43. The van der Waals surface area contributed by atoms with Gasteiger partial charge in [-0.2, -0.15) is 0 Å². The number of benzene rings is 1. The molecule has 1 aliphatic rings. The average molecular weight is 326 g/mol. The van der Waals surface area contributed by atoms with Crippen LogP contribution in [0.15, 0.2) is 34.9 Å². The molecule has 2 heterocycles. The molecule has 4 rings (SSSR count). The minimum Gasteiger partial charge on any atom is -0.287 e. The summed E-state index contributed by atoms with van der Waals surface area (Å²) in [6.07, 6.45) is 1.71. The van der Waals surface area contributed by atoms with Crippen LogP contribution >= 0.6 is 15.9 Å². The molecule has 3 aromatic rings. The highest BCUT2D eigenvalue weighted by Crippen LogP contribution is 2.35. The minimum atomic E-state index is -0.0654. The Morgan fingerprint density at radius 1 is 1.05 bits per heavy atom. The van der Waals surface area contributed by atoms with Crippen molar-refractivity contribution in [2.75, 3.05) is 0 Å². The summed E-state index contributed by atoms with van der Waals surface area (Å²) < 4.78 is 0.863. The van der Waals surface area contributed by atoms with Crippen LogP contribution in [0.3, 0.4) is 0 Å². The molecule has 0 spiro atoms. The highest BCUT2D eigenvalue weighted by Gasteiger charge is 2.30. The molecule has 96 valence electrons. The van der Waals surface area contributed by atoms with Crippen molar-refractivity contribution in [2.24, 2.45) is 0 Å². The molecule has 4 nitrogen and oxygen atoms in total. The van der Waals surface area contributed by atoms with Gasteiger partial charge in [0.05, 0.1) is 0 Å². The largest absolute Gasteiger partial charge is 0.287 e. The molecule has 0 saturated carbocycles. The van der Waals surface area contributed by atoms with Crippen LogP contribution in [0.2, 0.25) is 0 Å². The second-order valence-electron chi connectivity index (χ2n) is 4.70. The highest BCUT2D eigenvalue weighted by atomic mass is 79.9. The summed E-state index contributed by atoms with van der Waals surface area (Å²) in [5.41, 5.74) is 4.72. The van der Waals surface area contributed by atoms with E-state index in [1.54, 1.807) is 6.20 Å². The zero-order valence-electron chi connectivity index (χ0n) is 10.5. The lowest BCUT2D eigenvalue weighted by Crippen LogP contribution is -2.02. The standard InChI is InChI=1S/C15H8BrN3O/c1-7-10(16)6-17-15-11(7)18-13-12(19-15)8-4-2-3-5-9(8)14(13)20/h2-6H,1H3. The Labute approximate surface area is 123 Å². The van der Waals surface area contributed by atoms with E-state index >= 15 is 0 Å². The van der Waals surface area contributed by atoms with Crippen LogP contribution in [0.1, 0.15) is 21.6 Å². The molecule has 0 radical (unpaired) electrons. The van der Waals surface area contributed by atoms with Crippen molar-refractivity contribution in [2.45, 2.75) is 6.92 Å². The van der Waals surface area contributed by atoms with Crippen molar-refractivity contribution in [3.63, 3.8) is 0 Å². The summed E-state index contributed by atoms with van der Waals surface area (Å²) in [7, 11) is 0. The topological polar surface area (TPSA) is 55.7 Å². The number of aromatic nitrogens is 3. The van der Waals surface area contributed by atoms with E-state index in [-0.39, 0.29) is 5.78 Å². The van der Waals surface area contributed by atoms with Crippen LogP contribution in [0.5, 0.6) is 0 Å². The number of halogens is 1. The summed E-state index contributed by atoms with van der Waals surface area (Å²) in [6.45, 7) is 1.93. The molecule has 0 N–H and O–H groups in total. The summed E-state index contributed by atoms with van der Waals surface area (Å²) in [6, 6.07) is 7.45. The van der Waals surface area contributed by atoms with Gasteiger partial charge in [-0.25, -0.2) is 15.0 Å². The molecule has 1 aromatic carbocycles. The molecule has 1 aliphatic carbocycles. The molecule has 0 atom stereocenters. The second kappa shape index (κ2) is 3.93. The van der Waals surface area contributed by atoms with Gasteiger partial charge in [-0.3, -0.25) is 4.79 Å². The van der Waals surface area contributed by atoms with Crippen LogP contribution in [0.4, 0.5) is 0 Å². The SMILES string of the molecule is Cc1c(Br)cnc2nc3c(nc12)C(=O)c1ccccc1-3. The van der Waals surface area contributed by atoms with Gasteiger partial charge in [0.1, 0.15) is 16.9 Å². The summed E-state index contributed by atoms with van der Waals surface area (Å²) in [5.74, 6) is -0.0654. The molecule has 0 saturated heterocycles. The molecular weight excluding hydrogens is 318 g/mol. The van der Waals surface area contributed by atoms with E-state index in [1.807, 2.05) is 31.2 Å². The number of carbonyl (C=O) groups excluding carboxylic acids is 1. The van der Waals surface area contributed by atoms with Crippen molar-refractivity contribution in [3.05, 3.63) is 51.8 Å². The lowest BCUT2D eigenvalue weighted by atomic mass is 10.1. The molecule has 2 aromatic heterocycles. The average Bonchev–Trinajstić information content (AvgIpc) is 2.75. The Morgan fingerprint density at radius 2 is 1.80 bits per heavy atom. The Bertz CT molecular complexity index is 905. The predicted molar refractivity (Wildman–Crippen MR) is 78.6 cm³/mol. The Kier molecular flexibility index (Phi) is 2.29.